The van der Waals surface area contributed by atoms with E-state index in [4.69, 9.17) is 9.84 Å². The quantitative estimate of drug-likeness (QED) is 0.505. The van der Waals surface area contributed by atoms with Crippen molar-refractivity contribution in [3.63, 3.8) is 0 Å². The SMILES string of the molecule is CCCC(CC(C)O)OC(=O)C=CC(=O)O. The fraction of sp³-hybridized carbons (Fsp3) is 0.636. The number of carbonyl (C=O) groups excluding carboxylic acids is 1. The van der Waals surface area contributed by atoms with Crippen molar-refractivity contribution >= 4 is 11.9 Å². The van der Waals surface area contributed by atoms with Gasteiger partial charge in [-0.1, -0.05) is 13.3 Å². The van der Waals surface area contributed by atoms with E-state index >= 15 is 0 Å². The minimum Gasteiger partial charge on any atom is -0.478 e. The third kappa shape index (κ3) is 7.99. The second-order valence-electron chi connectivity index (χ2n) is 3.60. The monoisotopic (exact) mass is 230 g/mol. The minimum absolute atomic E-state index is 0.362. The summed E-state index contributed by atoms with van der Waals surface area (Å²) in [5.74, 6) is -1.89. The first-order chi connectivity index (χ1) is 7.45. The van der Waals surface area contributed by atoms with E-state index in [9.17, 15) is 14.7 Å². The molecule has 0 saturated heterocycles. The van der Waals surface area contributed by atoms with E-state index in [-0.39, 0.29) is 6.10 Å². The van der Waals surface area contributed by atoms with Crippen LogP contribution in [-0.2, 0) is 14.3 Å². The lowest BCUT2D eigenvalue weighted by Crippen LogP contribution is -2.21. The number of ether oxygens (including phenoxy) is 1. The molecule has 92 valence electrons. The Hall–Kier alpha value is -1.36. The maximum Gasteiger partial charge on any atom is 0.331 e. The molecule has 0 aromatic carbocycles. The first-order valence-electron chi connectivity index (χ1n) is 5.25. The standard InChI is InChI=1S/C11H18O5/c1-3-4-9(7-8(2)12)16-11(15)6-5-10(13)14/h5-6,8-9,12H,3-4,7H2,1-2H3,(H,13,14). The van der Waals surface area contributed by atoms with Gasteiger partial charge in [-0.25, -0.2) is 9.59 Å². The molecule has 0 spiro atoms. The Morgan fingerprint density at radius 2 is 2.00 bits per heavy atom. The Morgan fingerprint density at radius 1 is 1.38 bits per heavy atom. The van der Waals surface area contributed by atoms with Gasteiger partial charge >= 0.3 is 11.9 Å². The molecule has 0 aliphatic heterocycles. The second kappa shape index (κ2) is 7.87. The number of aliphatic carboxylic acids is 1. The molecule has 0 saturated carbocycles. The van der Waals surface area contributed by atoms with Crippen molar-refractivity contribution in [2.24, 2.45) is 0 Å². The molecule has 2 unspecified atom stereocenters. The average Bonchev–Trinajstić information content (AvgIpc) is 2.14. The number of carboxylic acid groups (broad SMARTS) is 1. The number of esters is 1. The van der Waals surface area contributed by atoms with Gasteiger partial charge in [-0.2, -0.15) is 0 Å². The highest BCUT2D eigenvalue weighted by Crippen LogP contribution is 2.10. The van der Waals surface area contributed by atoms with Crippen molar-refractivity contribution < 1.29 is 24.5 Å². The summed E-state index contributed by atoms with van der Waals surface area (Å²) in [5, 5.41) is 17.5. The zero-order valence-corrected chi connectivity index (χ0v) is 9.55. The third-order valence-electron chi connectivity index (χ3n) is 1.86. The first-order valence-corrected chi connectivity index (χ1v) is 5.25. The summed E-state index contributed by atoms with van der Waals surface area (Å²) in [6, 6.07) is 0. The van der Waals surface area contributed by atoms with Crippen LogP contribution in [-0.4, -0.2) is 34.4 Å². The molecule has 0 radical (unpaired) electrons. The van der Waals surface area contributed by atoms with Gasteiger partial charge in [0.05, 0.1) is 6.10 Å². The maximum atomic E-state index is 11.2. The number of aliphatic hydroxyl groups is 1. The van der Waals surface area contributed by atoms with Gasteiger partial charge in [0.15, 0.2) is 0 Å². The molecule has 0 rings (SSSR count). The molecule has 2 atom stereocenters. The lowest BCUT2D eigenvalue weighted by atomic mass is 10.1. The highest BCUT2D eigenvalue weighted by molar-refractivity contribution is 5.90. The fourth-order valence-corrected chi connectivity index (χ4v) is 1.27. The van der Waals surface area contributed by atoms with Gasteiger partial charge in [-0.05, 0) is 13.3 Å². The van der Waals surface area contributed by atoms with Gasteiger partial charge in [0, 0.05) is 18.6 Å². The summed E-state index contributed by atoms with van der Waals surface area (Å²) >= 11 is 0. The topological polar surface area (TPSA) is 83.8 Å². The van der Waals surface area contributed by atoms with Crippen molar-refractivity contribution in [3.8, 4) is 0 Å². The molecule has 0 fully saturated rings. The van der Waals surface area contributed by atoms with Crippen LogP contribution in [0.1, 0.15) is 33.1 Å². The number of aliphatic hydroxyl groups excluding tert-OH is 1. The van der Waals surface area contributed by atoms with Crippen LogP contribution in [0.5, 0.6) is 0 Å². The average molecular weight is 230 g/mol. The molecule has 0 bridgehead atoms. The van der Waals surface area contributed by atoms with Crippen LogP contribution in [0.2, 0.25) is 0 Å². The predicted molar refractivity (Wildman–Crippen MR) is 57.9 cm³/mol. The van der Waals surface area contributed by atoms with Crippen molar-refractivity contribution in [1.82, 2.24) is 0 Å². The number of rotatable bonds is 7. The summed E-state index contributed by atoms with van der Waals surface area (Å²) in [6.45, 7) is 3.56. The minimum atomic E-state index is -1.19. The van der Waals surface area contributed by atoms with Crippen molar-refractivity contribution in [2.45, 2.75) is 45.3 Å². The molecule has 0 aliphatic rings. The zero-order valence-electron chi connectivity index (χ0n) is 9.55. The summed E-state index contributed by atoms with van der Waals surface area (Å²) in [5.41, 5.74) is 0. The van der Waals surface area contributed by atoms with E-state index in [1.54, 1.807) is 6.92 Å². The van der Waals surface area contributed by atoms with E-state index in [2.05, 4.69) is 0 Å². The molecule has 0 aliphatic carbocycles. The summed E-state index contributed by atoms with van der Waals surface area (Å²) in [6.07, 6.45) is 2.52. The lowest BCUT2D eigenvalue weighted by molar-refractivity contribution is -0.145. The highest BCUT2D eigenvalue weighted by Gasteiger charge is 2.14. The van der Waals surface area contributed by atoms with Gasteiger partial charge in [0.1, 0.15) is 6.10 Å². The maximum absolute atomic E-state index is 11.2. The molecule has 5 heteroatoms. The van der Waals surface area contributed by atoms with Gasteiger partial charge < -0.3 is 14.9 Å². The van der Waals surface area contributed by atoms with Gasteiger partial charge in [0.2, 0.25) is 0 Å². The summed E-state index contributed by atoms with van der Waals surface area (Å²) in [4.78, 5) is 21.3. The Bertz CT molecular complexity index is 257. The van der Waals surface area contributed by atoms with E-state index in [1.165, 1.54) is 0 Å². The van der Waals surface area contributed by atoms with Crippen LogP contribution in [0.4, 0.5) is 0 Å². The number of carboxylic acids is 1. The molecule has 2 N–H and O–H groups in total. The lowest BCUT2D eigenvalue weighted by Gasteiger charge is -2.17. The Labute approximate surface area is 94.7 Å². The molecular formula is C11H18O5. The summed E-state index contributed by atoms with van der Waals surface area (Å²) < 4.78 is 5.00. The Kier molecular flexibility index (Phi) is 7.20. The molecule has 5 nitrogen and oxygen atoms in total. The van der Waals surface area contributed by atoms with Gasteiger partial charge in [-0.3, -0.25) is 0 Å². The number of hydrogen-bond donors (Lipinski definition) is 2. The highest BCUT2D eigenvalue weighted by atomic mass is 16.5. The number of hydrogen-bond acceptors (Lipinski definition) is 4. The van der Waals surface area contributed by atoms with Crippen LogP contribution in [0.15, 0.2) is 12.2 Å². The van der Waals surface area contributed by atoms with Crippen molar-refractivity contribution in [2.75, 3.05) is 0 Å². The van der Waals surface area contributed by atoms with Gasteiger partial charge in [-0.15, -0.1) is 0 Å². The van der Waals surface area contributed by atoms with Crippen molar-refractivity contribution in [3.05, 3.63) is 12.2 Å². The molecule has 0 amide bonds. The zero-order chi connectivity index (χ0) is 12.6. The van der Waals surface area contributed by atoms with Crippen LogP contribution in [0.3, 0.4) is 0 Å². The van der Waals surface area contributed by atoms with Crippen LogP contribution < -0.4 is 0 Å². The second-order valence-corrected chi connectivity index (χ2v) is 3.60. The van der Waals surface area contributed by atoms with E-state index in [0.717, 1.165) is 18.6 Å². The largest absolute Gasteiger partial charge is 0.478 e. The van der Waals surface area contributed by atoms with Gasteiger partial charge in [0.25, 0.3) is 0 Å². The number of carbonyl (C=O) groups is 2. The van der Waals surface area contributed by atoms with Crippen LogP contribution in [0, 0.1) is 0 Å². The van der Waals surface area contributed by atoms with Crippen LogP contribution >= 0.6 is 0 Å². The molecule has 0 aromatic rings. The smallest absolute Gasteiger partial charge is 0.331 e. The van der Waals surface area contributed by atoms with Crippen LogP contribution in [0.25, 0.3) is 0 Å². The molecular weight excluding hydrogens is 212 g/mol. The molecule has 0 heterocycles. The third-order valence-corrected chi connectivity index (χ3v) is 1.86. The molecule has 0 aromatic heterocycles. The predicted octanol–water partition coefficient (Wildman–Crippen LogP) is 1.11. The van der Waals surface area contributed by atoms with E-state index in [1.807, 2.05) is 6.92 Å². The first kappa shape index (κ1) is 14.6. The molecule has 16 heavy (non-hydrogen) atoms. The Balaban J connectivity index is 4.17. The van der Waals surface area contributed by atoms with Crippen molar-refractivity contribution in [1.29, 1.82) is 0 Å². The van der Waals surface area contributed by atoms with E-state index in [0.29, 0.717) is 12.8 Å². The Morgan fingerprint density at radius 3 is 2.44 bits per heavy atom. The normalized spacial score (nSPS) is 14.7. The van der Waals surface area contributed by atoms with E-state index < -0.39 is 18.0 Å². The summed E-state index contributed by atoms with van der Waals surface area (Å²) in [7, 11) is 0. The fourth-order valence-electron chi connectivity index (χ4n) is 1.27.